The Hall–Kier alpha value is -2.43. The number of rotatable bonds is 2. The number of pyridine rings is 2. The lowest BCUT2D eigenvalue weighted by molar-refractivity contribution is 0.0519. The Labute approximate surface area is 103 Å². The van der Waals surface area contributed by atoms with Crippen molar-refractivity contribution >= 4 is 22.6 Å². The zero-order chi connectivity index (χ0) is 12.5. The van der Waals surface area contributed by atoms with Gasteiger partial charge in [-0.1, -0.05) is 6.07 Å². The first-order chi connectivity index (χ1) is 8.79. The summed E-state index contributed by atoms with van der Waals surface area (Å²) in [4.78, 5) is 20.1. The minimum Gasteiger partial charge on any atom is -0.461 e. The van der Waals surface area contributed by atoms with Gasteiger partial charge in [-0.25, -0.2) is 14.8 Å². The van der Waals surface area contributed by atoms with Gasteiger partial charge in [0.1, 0.15) is 5.65 Å². The fraction of sp³-hybridized carbons (Fsp3) is 0.154. The van der Waals surface area contributed by atoms with Crippen LogP contribution in [-0.2, 0) is 4.74 Å². The van der Waals surface area contributed by atoms with Gasteiger partial charge in [0.25, 0.3) is 0 Å². The molecule has 0 spiro atoms. The van der Waals surface area contributed by atoms with Crippen molar-refractivity contribution in [1.29, 1.82) is 0 Å². The Balaban J connectivity index is 2.18. The molecule has 5 heteroatoms. The largest absolute Gasteiger partial charge is 0.461 e. The number of nitrogens with zero attached hydrogens (tertiary/aromatic N) is 3. The summed E-state index contributed by atoms with van der Waals surface area (Å²) in [7, 11) is 0. The summed E-state index contributed by atoms with van der Waals surface area (Å²) < 4.78 is 6.84. The Morgan fingerprint density at radius 2 is 2.33 bits per heavy atom. The third-order valence-electron chi connectivity index (χ3n) is 2.68. The second kappa shape index (κ2) is 4.10. The lowest BCUT2D eigenvalue weighted by Gasteiger charge is -2.00. The van der Waals surface area contributed by atoms with Crippen LogP contribution in [0.2, 0.25) is 0 Å². The second-order valence-electron chi connectivity index (χ2n) is 3.82. The Kier molecular flexibility index (Phi) is 2.44. The number of aromatic nitrogens is 3. The van der Waals surface area contributed by atoms with E-state index in [2.05, 4.69) is 9.97 Å². The molecule has 3 rings (SSSR count). The van der Waals surface area contributed by atoms with Gasteiger partial charge in [-0.15, -0.1) is 0 Å². The molecule has 5 nitrogen and oxygen atoms in total. The molecule has 0 aromatic carbocycles. The molecule has 90 valence electrons. The molecule has 0 atom stereocenters. The summed E-state index contributed by atoms with van der Waals surface area (Å²) in [5, 5.41) is 0. The molecule has 0 aliphatic heterocycles. The molecule has 3 aromatic rings. The van der Waals surface area contributed by atoms with Gasteiger partial charge in [-0.2, -0.15) is 0 Å². The van der Waals surface area contributed by atoms with Crippen LogP contribution >= 0.6 is 0 Å². The Morgan fingerprint density at radius 3 is 3.17 bits per heavy atom. The molecule has 0 fully saturated rings. The number of carbonyl (C=O) groups excluding carboxylic acids is 1. The van der Waals surface area contributed by atoms with Crippen molar-refractivity contribution in [1.82, 2.24) is 14.4 Å². The molecule has 0 aliphatic rings. The van der Waals surface area contributed by atoms with E-state index in [0.29, 0.717) is 6.61 Å². The van der Waals surface area contributed by atoms with Crippen LogP contribution in [0.1, 0.15) is 17.4 Å². The standard InChI is InChI=1S/C13H11N3O2/c1-2-18-13(17)10-7-9-11(8-14-10)16-6-4-3-5-12(16)15-9/h3-8H,2H2,1H3. The van der Waals surface area contributed by atoms with E-state index in [9.17, 15) is 4.79 Å². The number of carbonyl (C=O) groups is 1. The molecule has 0 aliphatic carbocycles. The third-order valence-corrected chi connectivity index (χ3v) is 2.68. The van der Waals surface area contributed by atoms with Crippen LogP contribution in [0.15, 0.2) is 36.7 Å². The molecule has 0 unspecified atom stereocenters. The third kappa shape index (κ3) is 1.60. The zero-order valence-electron chi connectivity index (χ0n) is 9.83. The van der Waals surface area contributed by atoms with Crippen LogP contribution in [0.25, 0.3) is 16.7 Å². The van der Waals surface area contributed by atoms with Crippen molar-refractivity contribution in [2.75, 3.05) is 6.61 Å². The molecular formula is C13H11N3O2. The number of ether oxygens (including phenoxy) is 1. The molecule has 0 N–H and O–H groups in total. The predicted molar refractivity (Wildman–Crippen MR) is 66.4 cm³/mol. The van der Waals surface area contributed by atoms with E-state index in [-0.39, 0.29) is 5.69 Å². The van der Waals surface area contributed by atoms with E-state index in [1.165, 1.54) is 0 Å². The Morgan fingerprint density at radius 1 is 1.44 bits per heavy atom. The van der Waals surface area contributed by atoms with Gasteiger partial charge in [0.2, 0.25) is 0 Å². The van der Waals surface area contributed by atoms with E-state index in [1.807, 2.05) is 28.8 Å². The topological polar surface area (TPSA) is 56.5 Å². The lowest BCUT2D eigenvalue weighted by Crippen LogP contribution is -2.06. The summed E-state index contributed by atoms with van der Waals surface area (Å²) in [6.45, 7) is 2.10. The van der Waals surface area contributed by atoms with E-state index in [0.717, 1.165) is 16.7 Å². The maximum Gasteiger partial charge on any atom is 0.356 e. The second-order valence-corrected chi connectivity index (χ2v) is 3.82. The van der Waals surface area contributed by atoms with E-state index >= 15 is 0 Å². The predicted octanol–water partition coefficient (Wildman–Crippen LogP) is 2.06. The maximum absolute atomic E-state index is 11.6. The van der Waals surface area contributed by atoms with Crippen molar-refractivity contribution in [2.45, 2.75) is 6.92 Å². The minimum absolute atomic E-state index is 0.285. The normalized spacial score (nSPS) is 10.9. The van der Waals surface area contributed by atoms with Gasteiger partial charge in [0.05, 0.1) is 23.8 Å². The fourth-order valence-electron chi connectivity index (χ4n) is 1.88. The number of imidazole rings is 1. The van der Waals surface area contributed by atoms with Gasteiger partial charge in [-0.05, 0) is 25.1 Å². The van der Waals surface area contributed by atoms with Crippen LogP contribution in [-0.4, -0.2) is 26.9 Å². The van der Waals surface area contributed by atoms with Gasteiger partial charge >= 0.3 is 5.97 Å². The quantitative estimate of drug-likeness (QED) is 0.644. The Bertz CT molecular complexity index is 733. The van der Waals surface area contributed by atoms with E-state index in [1.54, 1.807) is 19.2 Å². The summed E-state index contributed by atoms with van der Waals surface area (Å²) in [5.41, 5.74) is 2.72. The molecule has 3 heterocycles. The van der Waals surface area contributed by atoms with E-state index < -0.39 is 5.97 Å². The van der Waals surface area contributed by atoms with Crippen LogP contribution < -0.4 is 0 Å². The summed E-state index contributed by atoms with van der Waals surface area (Å²) >= 11 is 0. The van der Waals surface area contributed by atoms with Gasteiger partial charge in [-0.3, -0.25) is 4.40 Å². The monoisotopic (exact) mass is 241 g/mol. The highest BCUT2D eigenvalue weighted by atomic mass is 16.5. The van der Waals surface area contributed by atoms with Crippen LogP contribution in [0.3, 0.4) is 0 Å². The van der Waals surface area contributed by atoms with Gasteiger partial charge in [0.15, 0.2) is 5.69 Å². The van der Waals surface area contributed by atoms with Crippen molar-refractivity contribution in [2.24, 2.45) is 0 Å². The molecule has 0 bridgehead atoms. The first kappa shape index (κ1) is 10.7. The summed E-state index contributed by atoms with van der Waals surface area (Å²) in [6.07, 6.45) is 3.55. The van der Waals surface area contributed by atoms with Crippen LogP contribution in [0.5, 0.6) is 0 Å². The average molecular weight is 241 g/mol. The molecule has 0 radical (unpaired) electrons. The van der Waals surface area contributed by atoms with Crippen molar-refractivity contribution in [3.8, 4) is 0 Å². The maximum atomic E-state index is 11.6. The molecular weight excluding hydrogens is 230 g/mol. The van der Waals surface area contributed by atoms with Crippen LogP contribution in [0, 0.1) is 0 Å². The fourth-order valence-corrected chi connectivity index (χ4v) is 1.88. The molecule has 0 amide bonds. The number of hydrogen-bond acceptors (Lipinski definition) is 4. The highest BCUT2D eigenvalue weighted by molar-refractivity contribution is 5.92. The number of fused-ring (bicyclic) bond motifs is 3. The first-order valence-electron chi connectivity index (χ1n) is 5.69. The number of esters is 1. The highest BCUT2D eigenvalue weighted by Gasteiger charge is 2.11. The summed E-state index contributed by atoms with van der Waals surface area (Å²) in [5.74, 6) is -0.420. The smallest absolute Gasteiger partial charge is 0.356 e. The molecule has 0 saturated heterocycles. The minimum atomic E-state index is -0.420. The molecule has 0 saturated carbocycles. The molecule has 3 aromatic heterocycles. The van der Waals surface area contributed by atoms with Crippen molar-refractivity contribution in [3.05, 3.63) is 42.4 Å². The number of hydrogen-bond donors (Lipinski definition) is 0. The van der Waals surface area contributed by atoms with Crippen molar-refractivity contribution in [3.63, 3.8) is 0 Å². The lowest BCUT2D eigenvalue weighted by atomic mass is 10.3. The van der Waals surface area contributed by atoms with E-state index in [4.69, 9.17) is 4.74 Å². The highest BCUT2D eigenvalue weighted by Crippen LogP contribution is 2.16. The van der Waals surface area contributed by atoms with Crippen LogP contribution in [0.4, 0.5) is 0 Å². The van der Waals surface area contributed by atoms with Gasteiger partial charge < -0.3 is 4.74 Å². The summed E-state index contributed by atoms with van der Waals surface area (Å²) in [6, 6.07) is 7.40. The van der Waals surface area contributed by atoms with Gasteiger partial charge in [0, 0.05) is 6.20 Å². The first-order valence-corrected chi connectivity index (χ1v) is 5.69. The average Bonchev–Trinajstić information content (AvgIpc) is 2.76. The SMILES string of the molecule is CCOC(=O)c1cc2nc3ccccn3c2cn1. The molecule has 18 heavy (non-hydrogen) atoms. The van der Waals surface area contributed by atoms with Crippen molar-refractivity contribution < 1.29 is 9.53 Å². The zero-order valence-corrected chi connectivity index (χ0v) is 9.83.